The monoisotopic (exact) mass is 259 g/mol. The summed E-state index contributed by atoms with van der Waals surface area (Å²) in [6.45, 7) is 0. The first-order chi connectivity index (χ1) is 7.66. The summed E-state index contributed by atoms with van der Waals surface area (Å²) in [5, 5.41) is 5.27. The molecule has 17 heavy (non-hydrogen) atoms. The first kappa shape index (κ1) is 13.2. The molecular weight excluding hydrogens is 249 g/mol. The summed E-state index contributed by atoms with van der Waals surface area (Å²) in [5.41, 5.74) is 1.73. The molecule has 0 spiro atoms. The van der Waals surface area contributed by atoms with Crippen LogP contribution in [0.5, 0.6) is 0 Å². The van der Waals surface area contributed by atoms with Crippen LogP contribution in [0.25, 0.3) is 11.0 Å². The van der Waals surface area contributed by atoms with Gasteiger partial charge in [0.05, 0.1) is 5.69 Å². The van der Waals surface area contributed by atoms with Crippen molar-refractivity contribution in [2.24, 2.45) is 7.05 Å². The molecule has 1 aliphatic carbocycles. The molecule has 5 nitrogen and oxygen atoms in total. The third-order valence-electron chi connectivity index (χ3n) is 2.84. The second-order valence-electron chi connectivity index (χ2n) is 4.06. The fourth-order valence-corrected chi connectivity index (χ4v) is 2.25. The van der Waals surface area contributed by atoms with Crippen molar-refractivity contribution in [2.45, 2.75) is 23.7 Å². The van der Waals surface area contributed by atoms with Gasteiger partial charge in [-0.25, -0.2) is 4.98 Å². The fraction of sp³-hybridized carbons (Fsp3) is 0.400. The Morgan fingerprint density at radius 2 is 2.24 bits per heavy atom. The molecule has 0 saturated heterocycles. The second-order valence-corrected chi connectivity index (χ2v) is 5.00. The molecule has 1 atom stereocenters. The van der Waals surface area contributed by atoms with Gasteiger partial charge in [0.25, 0.3) is 0 Å². The van der Waals surface area contributed by atoms with Crippen LogP contribution in [0.4, 0.5) is 0 Å². The molecule has 2 aromatic heterocycles. The van der Waals surface area contributed by atoms with E-state index in [9.17, 15) is 8.76 Å². The van der Waals surface area contributed by atoms with Gasteiger partial charge in [0.2, 0.25) is 0 Å². The molecule has 1 saturated carbocycles. The standard InChI is InChI=1S/C10H11N3O2S.Na/c1-13-10-8(9(12-13)6-2-3-6)4-7(5-11-10)16(14)15;/h4-6H,2-3H2,1H3,(H,14,15);/q;+1/p-1. The van der Waals surface area contributed by atoms with Crippen molar-refractivity contribution >= 4 is 22.1 Å². The zero-order chi connectivity index (χ0) is 11.3. The van der Waals surface area contributed by atoms with Gasteiger partial charge in [-0.1, -0.05) is 0 Å². The van der Waals surface area contributed by atoms with E-state index in [0.717, 1.165) is 29.6 Å². The molecule has 84 valence electrons. The second kappa shape index (κ2) is 4.78. The Bertz CT molecular complexity index is 594. The van der Waals surface area contributed by atoms with Crippen LogP contribution in [0.3, 0.4) is 0 Å². The van der Waals surface area contributed by atoms with Crippen LogP contribution in [0.1, 0.15) is 24.5 Å². The van der Waals surface area contributed by atoms with Crippen molar-refractivity contribution in [1.29, 1.82) is 0 Å². The van der Waals surface area contributed by atoms with Crippen molar-refractivity contribution in [3.05, 3.63) is 18.0 Å². The van der Waals surface area contributed by atoms with Gasteiger partial charge in [-0.05, 0) is 30.0 Å². The molecule has 1 aliphatic rings. The van der Waals surface area contributed by atoms with E-state index in [0.29, 0.717) is 5.92 Å². The summed E-state index contributed by atoms with van der Waals surface area (Å²) in [4.78, 5) is 4.36. The summed E-state index contributed by atoms with van der Waals surface area (Å²) >= 11 is -2.23. The molecule has 1 unspecified atom stereocenters. The average Bonchev–Trinajstić information content (AvgIpc) is 3.04. The van der Waals surface area contributed by atoms with E-state index < -0.39 is 11.1 Å². The smallest absolute Gasteiger partial charge is 0.768 e. The van der Waals surface area contributed by atoms with E-state index in [4.69, 9.17) is 0 Å². The molecule has 0 N–H and O–H groups in total. The number of hydrogen-bond donors (Lipinski definition) is 0. The van der Waals surface area contributed by atoms with E-state index in [-0.39, 0.29) is 34.5 Å². The van der Waals surface area contributed by atoms with Crippen LogP contribution in [0.2, 0.25) is 0 Å². The predicted octanol–water partition coefficient (Wildman–Crippen LogP) is -1.91. The summed E-state index contributed by atoms with van der Waals surface area (Å²) in [7, 11) is 1.83. The van der Waals surface area contributed by atoms with Crippen LogP contribution in [-0.2, 0) is 18.1 Å². The van der Waals surface area contributed by atoms with Crippen molar-refractivity contribution in [2.75, 3.05) is 0 Å². The number of hydrogen-bond acceptors (Lipinski definition) is 4. The molecule has 2 aromatic rings. The van der Waals surface area contributed by atoms with Gasteiger partial charge < -0.3 is 4.55 Å². The molecule has 0 aromatic carbocycles. The topological polar surface area (TPSA) is 70.8 Å². The van der Waals surface area contributed by atoms with Crippen molar-refractivity contribution < 1.29 is 38.3 Å². The Hall–Kier alpha value is -0.270. The zero-order valence-electron chi connectivity index (χ0n) is 9.71. The molecular formula is C10H10N3NaO2S. The summed E-state index contributed by atoms with van der Waals surface area (Å²) in [6, 6.07) is 1.66. The number of nitrogens with zero attached hydrogens (tertiary/aromatic N) is 3. The molecule has 0 aliphatic heterocycles. The Morgan fingerprint density at radius 3 is 2.82 bits per heavy atom. The van der Waals surface area contributed by atoms with Crippen molar-refractivity contribution in [1.82, 2.24) is 14.8 Å². The number of rotatable bonds is 2. The van der Waals surface area contributed by atoms with Crippen LogP contribution in [0.15, 0.2) is 17.2 Å². The molecule has 2 heterocycles. The maximum atomic E-state index is 10.9. The molecule has 3 rings (SSSR count). The quantitative estimate of drug-likeness (QED) is 0.466. The van der Waals surface area contributed by atoms with Crippen LogP contribution in [-0.4, -0.2) is 23.5 Å². The Balaban J connectivity index is 0.00000108. The maximum absolute atomic E-state index is 10.9. The van der Waals surface area contributed by atoms with E-state index in [2.05, 4.69) is 10.1 Å². The minimum atomic E-state index is -2.23. The number of pyridine rings is 1. The largest absolute Gasteiger partial charge is 1.00 e. The first-order valence-corrected chi connectivity index (χ1v) is 6.16. The van der Waals surface area contributed by atoms with Crippen molar-refractivity contribution in [3.63, 3.8) is 0 Å². The maximum Gasteiger partial charge on any atom is 1.00 e. The summed E-state index contributed by atoms with van der Waals surface area (Å²) < 4.78 is 23.5. The van der Waals surface area contributed by atoms with Crippen LogP contribution >= 0.6 is 0 Å². The third kappa shape index (κ3) is 2.32. The fourth-order valence-electron chi connectivity index (χ4n) is 1.90. The summed E-state index contributed by atoms with van der Waals surface area (Å²) in [6.07, 6.45) is 3.64. The van der Waals surface area contributed by atoms with E-state index >= 15 is 0 Å². The summed E-state index contributed by atoms with van der Waals surface area (Å²) in [5.74, 6) is 0.487. The zero-order valence-corrected chi connectivity index (χ0v) is 12.5. The number of aryl methyl sites for hydroxylation is 1. The van der Waals surface area contributed by atoms with Gasteiger partial charge >= 0.3 is 29.6 Å². The van der Waals surface area contributed by atoms with E-state index in [1.807, 2.05) is 7.05 Å². The van der Waals surface area contributed by atoms with E-state index in [1.165, 1.54) is 6.20 Å². The average molecular weight is 259 g/mol. The number of fused-ring (bicyclic) bond motifs is 1. The normalized spacial score (nSPS) is 16.8. The van der Waals surface area contributed by atoms with Crippen LogP contribution in [0, 0.1) is 0 Å². The molecule has 7 heteroatoms. The Morgan fingerprint density at radius 1 is 1.53 bits per heavy atom. The minimum Gasteiger partial charge on any atom is -0.768 e. The molecule has 0 radical (unpaired) electrons. The Labute approximate surface area is 123 Å². The van der Waals surface area contributed by atoms with Gasteiger partial charge in [-0.2, -0.15) is 5.10 Å². The van der Waals surface area contributed by atoms with Crippen molar-refractivity contribution in [3.8, 4) is 0 Å². The SMILES string of the molecule is Cn1nc(C2CC2)c2cc(S(=O)[O-])cnc21.[Na+]. The number of aromatic nitrogens is 3. The predicted molar refractivity (Wildman–Crippen MR) is 57.7 cm³/mol. The van der Waals surface area contributed by atoms with Gasteiger partial charge in [-0.15, -0.1) is 0 Å². The third-order valence-corrected chi connectivity index (χ3v) is 3.45. The molecule has 0 amide bonds. The molecule has 1 fully saturated rings. The Kier molecular flexibility index (Phi) is 3.70. The van der Waals surface area contributed by atoms with Crippen LogP contribution < -0.4 is 29.6 Å². The van der Waals surface area contributed by atoms with E-state index in [1.54, 1.807) is 10.7 Å². The van der Waals surface area contributed by atoms with Gasteiger partial charge in [0.1, 0.15) is 0 Å². The minimum absolute atomic E-state index is 0. The van der Waals surface area contributed by atoms with Gasteiger partial charge in [0, 0.05) is 29.4 Å². The van der Waals surface area contributed by atoms with Gasteiger partial charge in [-0.3, -0.25) is 8.89 Å². The van der Waals surface area contributed by atoms with Gasteiger partial charge in [0.15, 0.2) is 5.65 Å². The first-order valence-electron chi connectivity index (χ1n) is 5.08. The molecule has 0 bridgehead atoms.